The van der Waals surface area contributed by atoms with E-state index in [1.807, 2.05) is 0 Å². The number of alkyl halides is 3. The molecule has 2 N–H and O–H groups in total. The van der Waals surface area contributed by atoms with Crippen molar-refractivity contribution in [2.24, 2.45) is 0 Å². The van der Waals surface area contributed by atoms with Gasteiger partial charge in [0.05, 0.1) is 13.2 Å². The predicted octanol–water partition coefficient (Wildman–Crippen LogP) is 2.59. The number of ether oxygens (including phenoxy) is 3. The number of aromatic nitrogens is 1. The van der Waals surface area contributed by atoms with Gasteiger partial charge in [-0.15, -0.1) is 13.2 Å². The maximum Gasteiger partial charge on any atom is 0.573 e. The summed E-state index contributed by atoms with van der Waals surface area (Å²) in [5, 5.41) is 12.9. The first-order valence-corrected chi connectivity index (χ1v) is 10.2. The lowest BCUT2D eigenvalue weighted by atomic mass is 10.0. The van der Waals surface area contributed by atoms with Gasteiger partial charge >= 0.3 is 12.3 Å². The highest BCUT2D eigenvalue weighted by molar-refractivity contribution is 5.98. The molecule has 34 heavy (non-hydrogen) atoms. The third-order valence-electron chi connectivity index (χ3n) is 4.66. The zero-order valence-corrected chi connectivity index (χ0v) is 18.6. The number of fused-ring (bicyclic) bond motifs is 1. The van der Waals surface area contributed by atoms with Gasteiger partial charge in [0.1, 0.15) is 29.2 Å². The van der Waals surface area contributed by atoms with Crippen LogP contribution in [0.2, 0.25) is 0 Å². The molecule has 1 aromatic heterocycles. The predicted molar refractivity (Wildman–Crippen MR) is 112 cm³/mol. The summed E-state index contributed by atoms with van der Waals surface area (Å²) < 4.78 is 52.8. The minimum absolute atomic E-state index is 0.0942. The van der Waals surface area contributed by atoms with Crippen LogP contribution in [0.1, 0.15) is 42.4 Å². The fourth-order valence-electron chi connectivity index (χ4n) is 3.41. The summed E-state index contributed by atoms with van der Waals surface area (Å²) in [5.41, 5.74) is -1.65. The van der Waals surface area contributed by atoms with Crippen LogP contribution in [-0.2, 0) is 27.3 Å². The fourth-order valence-corrected chi connectivity index (χ4v) is 3.41. The van der Waals surface area contributed by atoms with Gasteiger partial charge in [-0.2, -0.15) is 0 Å². The topological polar surface area (TPSA) is 116 Å². The molecule has 0 saturated heterocycles. The molecular formula is C22H23F3N2O7. The van der Waals surface area contributed by atoms with Crippen molar-refractivity contribution in [3.8, 4) is 17.2 Å². The molecule has 0 aliphatic carbocycles. The van der Waals surface area contributed by atoms with Gasteiger partial charge in [0, 0.05) is 23.4 Å². The summed E-state index contributed by atoms with van der Waals surface area (Å²) in [6, 6.07) is 4.49. The Hall–Kier alpha value is -3.54. The van der Waals surface area contributed by atoms with Gasteiger partial charge < -0.3 is 24.6 Å². The molecule has 1 amide bonds. The summed E-state index contributed by atoms with van der Waals surface area (Å²) in [4.78, 5) is 37.9. The van der Waals surface area contributed by atoms with Gasteiger partial charge in [0.15, 0.2) is 0 Å². The summed E-state index contributed by atoms with van der Waals surface area (Å²) in [6.07, 6.45) is -4.68. The van der Waals surface area contributed by atoms with Crippen molar-refractivity contribution in [2.75, 3.05) is 13.2 Å². The number of aromatic hydroxyl groups is 1. The number of hydrogen-bond donors (Lipinski definition) is 2. The minimum atomic E-state index is -4.88. The van der Waals surface area contributed by atoms with Crippen LogP contribution in [0, 0.1) is 0 Å². The van der Waals surface area contributed by atoms with Crippen molar-refractivity contribution in [1.82, 2.24) is 9.88 Å². The van der Waals surface area contributed by atoms with Crippen molar-refractivity contribution >= 4 is 11.9 Å². The van der Waals surface area contributed by atoms with Crippen LogP contribution < -0.4 is 15.6 Å². The van der Waals surface area contributed by atoms with Gasteiger partial charge in [-0.1, -0.05) is 0 Å². The number of pyridine rings is 1. The van der Waals surface area contributed by atoms with Gasteiger partial charge in [-0.3, -0.25) is 19.0 Å². The Morgan fingerprint density at radius 1 is 1.18 bits per heavy atom. The summed E-state index contributed by atoms with van der Waals surface area (Å²) in [6.45, 7) is 4.52. The molecule has 0 spiro atoms. The highest BCUT2D eigenvalue weighted by Gasteiger charge is 2.32. The lowest BCUT2D eigenvalue weighted by Crippen LogP contribution is -2.39. The molecule has 2 aromatic rings. The monoisotopic (exact) mass is 484 g/mol. The normalized spacial score (nSPS) is 13.7. The molecule has 1 aliphatic heterocycles. The fraction of sp³-hybridized carbons (Fsp3) is 0.409. The Balaban J connectivity index is 2.00. The number of halogens is 3. The van der Waals surface area contributed by atoms with Gasteiger partial charge in [-0.05, 0) is 45.0 Å². The molecule has 0 fully saturated rings. The maximum atomic E-state index is 13.3. The minimum Gasteiger partial charge on any atom is -0.506 e. The maximum absolute atomic E-state index is 13.3. The molecule has 0 atom stereocenters. The van der Waals surface area contributed by atoms with Crippen LogP contribution in [-0.4, -0.2) is 46.7 Å². The Morgan fingerprint density at radius 3 is 2.41 bits per heavy atom. The third kappa shape index (κ3) is 5.87. The van der Waals surface area contributed by atoms with E-state index in [2.05, 4.69) is 10.1 Å². The quantitative estimate of drug-likeness (QED) is 0.627. The molecule has 9 nitrogen and oxygen atoms in total. The molecule has 184 valence electrons. The first kappa shape index (κ1) is 25.1. The van der Waals surface area contributed by atoms with Crippen LogP contribution in [0.3, 0.4) is 0 Å². The molecule has 0 saturated carbocycles. The summed E-state index contributed by atoms with van der Waals surface area (Å²) in [7, 11) is 0. The van der Waals surface area contributed by atoms with E-state index in [0.717, 1.165) is 16.7 Å². The molecule has 3 rings (SSSR count). The molecule has 1 aromatic carbocycles. The Kier molecular flexibility index (Phi) is 6.92. The SMILES string of the molecule is CC(C)(C)OC(=O)CNC(=O)c1c(O)c2c(n(-c3ccc(OC(F)(F)F)cc3)c1=O)CCOC2. The highest BCUT2D eigenvalue weighted by atomic mass is 19.4. The van der Waals surface area contributed by atoms with Crippen LogP contribution in [0.4, 0.5) is 13.2 Å². The van der Waals surface area contributed by atoms with E-state index >= 15 is 0 Å². The number of nitrogens with one attached hydrogen (secondary N) is 1. The molecule has 0 unspecified atom stereocenters. The Labute approximate surface area is 192 Å². The number of benzene rings is 1. The van der Waals surface area contributed by atoms with Crippen LogP contribution in [0.15, 0.2) is 29.1 Å². The molecule has 0 radical (unpaired) electrons. The summed E-state index contributed by atoms with van der Waals surface area (Å²) in [5.74, 6) is -2.85. The average Bonchev–Trinajstić information content (AvgIpc) is 2.71. The number of esters is 1. The van der Waals surface area contributed by atoms with Crippen LogP contribution in [0.5, 0.6) is 11.5 Å². The van der Waals surface area contributed by atoms with Crippen molar-refractivity contribution in [2.45, 2.75) is 45.8 Å². The summed E-state index contributed by atoms with van der Waals surface area (Å²) >= 11 is 0. The van der Waals surface area contributed by atoms with Crippen molar-refractivity contribution in [3.05, 3.63) is 51.4 Å². The second kappa shape index (κ2) is 9.37. The van der Waals surface area contributed by atoms with Gasteiger partial charge in [-0.25, -0.2) is 0 Å². The highest BCUT2D eigenvalue weighted by Crippen LogP contribution is 2.30. The Bertz CT molecular complexity index is 1150. The lowest BCUT2D eigenvalue weighted by molar-refractivity contribution is -0.274. The van der Waals surface area contributed by atoms with E-state index in [-0.39, 0.29) is 30.9 Å². The Morgan fingerprint density at radius 2 is 1.82 bits per heavy atom. The first-order valence-electron chi connectivity index (χ1n) is 10.2. The number of nitrogens with zero attached hydrogens (tertiary/aromatic N) is 1. The number of rotatable bonds is 5. The third-order valence-corrected chi connectivity index (χ3v) is 4.66. The van der Waals surface area contributed by atoms with Crippen molar-refractivity contribution < 1.29 is 42.1 Å². The van der Waals surface area contributed by atoms with E-state index in [9.17, 15) is 32.7 Å². The van der Waals surface area contributed by atoms with E-state index in [4.69, 9.17) is 9.47 Å². The smallest absolute Gasteiger partial charge is 0.506 e. The standard InChI is InChI=1S/C22H23F3N2O7/c1-21(2,3)34-16(28)10-26-19(30)17-18(29)14-11-32-9-8-15(14)27(20(17)31)12-4-6-13(7-5-12)33-22(23,24)25/h4-7,29H,8-11H2,1-3H3,(H,26,30). The number of carbonyl (C=O) groups excluding carboxylic acids is 2. The number of amides is 1. The lowest BCUT2D eigenvalue weighted by Gasteiger charge is -2.24. The van der Waals surface area contributed by atoms with E-state index in [0.29, 0.717) is 5.69 Å². The first-order chi connectivity index (χ1) is 15.8. The van der Waals surface area contributed by atoms with Gasteiger partial charge in [0.2, 0.25) is 0 Å². The van der Waals surface area contributed by atoms with Crippen molar-refractivity contribution in [3.63, 3.8) is 0 Å². The van der Waals surface area contributed by atoms with Crippen LogP contribution >= 0.6 is 0 Å². The molecule has 0 bridgehead atoms. The van der Waals surface area contributed by atoms with Crippen molar-refractivity contribution in [1.29, 1.82) is 0 Å². The largest absolute Gasteiger partial charge is 0.573 e. The zero-order valence-electron chi connectivity index (χ0n) is 18.6. The van der Waals surface area contributed by atoms with E-state index in [1.165, 1.54) is 12.1 Å². The van der Waals surface area contributed by atoms with E-state index < -0.39 is 53.0 Å². The molecular weight excluding hydrogens is 461 g/mol. The van der Waals surface area contributed by atoms with Gasteiger partial charge in [0.25, 0.3) is 11.5 Å². The molecule has 12 heteroatoms. The zero-order chi connectivity index (χ0) is 25.3. The average molecular weight is 484 g/mol. The number of carbonyl (C=O) groups is 2. The number of hydrogen-bond acceptors (Lipinski definition) is 7. The second-order valence-electron chi connectivity index (χ2n) is 8.40. The molecule has 1 aliphatic rings. The molecule has 2 heterocycles. The van der Waals surface area contributed by atoms with E-state index in [1.54, 1.807) is 20.8 Å². The second-order valence-corrected chi connectivity index (χ2v) is 8.40. The van der Waals surface area contributed by atoms with Crippen LogP contribution in [0.25, 0.3) is 5.69 Å².